The Labute approximate surface area is 283 Å². The van der Waals surface area contributed by atoms with Gasteiger partial charge in [0.2, 0.25) is 0 Å². The first-order valence-corrected chi connectivity index (χ1v) is 15.7. The van der Waals surface area contributed by atoms with Crippen LogP contribution in [0.4, 0.5) is 0 Å². The Kier molecular flexibility index (Phi) is 21.3. The molecule has 0 saturated heterocycles. The largest absolute Gasteiger partial charge is 0.506 e. The summed E-state index contributed by atoms with van der Waals surface area (Å²) in [6.07, 6.45) is 8.44. The van der Waals surface area contributed by atoms with Crippen molar-refractivity contribution in [3.8, 4) is 16.9 Å². The van der Waals surface area contributed by atoms with E-state index in [1.165, 1.54) is 39.6 Å². The van der Waals surface area contributed by atoms with Crippen molar-refractivity contribution in [1.29, 1.82) is 0 Å². The van der Waals surface area contributed by atoms with Gasteiger partial charge in [-0.05, 0) is 99.7 Å². The van der Waals surface area contributed by atoms with Crippen molar-refractivity contribution in [2.24, 2.45) is 17.2 Å². The molecule has 3 aromatic heterocycles. The Morgan fingerprint density at radius 1 is 0.702 bits per heavy atom. The number of nitrogens with zero attached hydrogens (tertiary/aromatic N) is 3. The SMILES string of the molecule is C.C=O.CCCOCCCc1cnc(C)c(C)c1CN.Cc1ncc(-c2ccccc2)c(CN)c1C.Cc1ncc(O)c(CN)c1C. The van der Waals surface area contributed by atoms with Crippen molar-refractivity contribution in [3.05, 3.63) is 105 Å². The number of carbonyl (C=O) groups excluding carboxylic acids is 1. The summed E-state index contributed by atoms with van der Waals surface area (Å²) in [5.41, 5.74) is 30.4. The summed E-state index contributed by atoms with van der Waals surface area (Å²) in [5, 5.41) is 9.27. The molecule has 0 aliphatic heterocycles. The van der Waals surface area contributed by atoms with Gasteiger partial charge < -0.3 is 31.8 Å². The molecular formula is C38H58N6O3. The molecule has 0 unspecified atom stereocenters. The standard InChI is InChI=1S/C14H24N2O.C14H16N2.C8H12N2O.CH2O.CH4/c1-4-7-17-8-5-6-13-10-16-12(3)11(2)14(13)9-15;1-10-11(2)16-9-14(13(10)8-15)12-6-4-3-5-7-12;1-5-6(2)10-4-8(11)7(5)3-9;1-2;/h10H,4-9,15H2,1-3H3;3-7,9H,8,15H2,1-2H3;4,11H,3,9H2,1-2H3;1H2;1H4. The minimum absolute atomic E-state index is 0. The lowest BCUT2D eigenvalue weighted by Gasteiger charge is -2.12. The summed E-state index contributed by atoms with van der Waals surface area (Å²) in [4.78, 5) is 20.8. The van der Waals surface area contributed by atoms with E-state index >= 15 is 0 Å². The zero-order valence-corrected chi connectivity index (χ0v) is 28.8. The van der Waals surface area contributed by atoms with Crippen LogP contribution in [0.3, 0.4) is 0 Å². The molecule has 0 bridgehead atoms. The summed E-state index contributed by atoms with van der Waals surface area (Å²) < 4.78 is 5.48. The first kappa shape index (κ1) is 43.0. The van der Waals surface area contributed by atoms with E-state index in [1.54, 1.807) is 0 Å². The van der Waals surface area contributed by atoms with E-state index < -0.39 is 0 Å². The van der Waals surface area contributed by atoms with E-state index in [0.717, 1.165) is 66.2 Å². The van der Waals surface area contributed by atoms with Crippen LogP contribution in [0.15, 0.2) is 48.9 Å². The van der Waals surface area contributed by atoms with Gasteiger partial charge >= 0.3 is 0 Å². The van der Waals surface area contributed by atoms with Gasteiger partial charge in [-0.3, -0.25) is 15.0 Å². The Bertz CT molecular complexity index is 1480. The molecule has 0 atom stereocenters. The average molecular weight is 647 g/mol. The number of aryl methyl sites for hydroxylation is 4. The Hall–Kier alpha value is -4.02. The fourth-order valence-corrected chi connectivity index (χ4v) is 4.81. The molecule has 47 heavy (non-hydrogen) atoms. The molecule has 9 heteroatoms. The van der Waals surface area contributed by atoms with Crippen molar-refractivity contribution >= 4 is 6.79 Å². The van der Waals surface area contributed by atoms with Crippen molar-refractivity contribution < 1.29 is 14.6 Å². The Morgan fingerprint density at radius 2 is 1.19 bits per heavy atom. The highest BCUT2D eigenvalue weighted by Crippen LogP contribution is 2.26. The number of nitrogens with two attached hydrogens (primary N) is 3. The van der Waals surface area contributed by atoms with Gasteiger partial charge in [-0.15, -0.1) is 0 Å². The molecule has 4 rings (SSSR count). The first-order chi connectivity index (χ1) is 22.1. The monoisotopic (exact) mass is 646 g/mol. The molecule has 7 N–H and O–H groups in total. The van der Waals surface area contributed by atoms with Crippen LogP contribution in [0, 0.1) is 41.5 Å². The second-order valence-corrected chi connectivity index (χ2v) is 10.9. The van der Waals surface area contributed by atoms with Crippen LogP contribution in [-0.2, 0) is 35.6 Å². The molecule has 0 aliphatic rings. The number of benzene rings is 1. The molecule has 0 radical (unpaired) electrons. The maximum Gasteiger partial charge on any atom is 0.138 e. The predicted octanol–water partition coefficient (Wildman–Crippen LogP) is 6.65. The van der Waals surface area contributed by atoms with E-state index in [1.807, 2.05) is 65.1 Å². The number of aromatic nitrogens is 3. The van der Waals surface area contributed by atoms with Crippen LogP contribution in [0.25, 0.3) is 11.1 Å². The molecule has 0 fully saturated rings. The van der Waals surface area contributed by atoms with Gasteiger partial charge in [0.05, 0.1) is 6.20 Å². The quantitative estimate of drug-likeness (QED) is 0.138. The van der Waals surface area contributed by atoms with Gasteiger partial charge in [-0.1, -0.05) is 44.7 Å². The van der Waals surface area contributed by atoms with E-state index in [2.05, 4.69) is 47.9 Å². The van der Waals surface area contributed by atoms with Crippen LogP contribution >= 0.6 is 0 Å². The van der Waals surface area contributed by atoms with E-state index in [-0.39, 0.29) is 13.2 Å². The number of carbonyl (C=O) groups is 1. The topological polar surface area (TPSA) is 163 Å². The highest BCUT2D eigenvalue weighted by molar-refractivity contribution is 5.68. The number of hydrogen-bond donors (Lipinski definition) is 4. The number of aromatic hydroxyl groups is 1. The lowest BCUT2D eigenvalue weighted by molar-refractivity contribution is -0.0980. The molecule has 1 aromatic carbocycles. The molecule has 9 nitrogen and oxygen atoms in total. The fraction of sp³-hybridized carbons (Fsp3) is 0.421. The summed E-state index contributed by atoms with van der Waals surface area (Å²) in [7, 11) is 0. The highest BCUT2D eigenvalue weighted by Gasteiger charge is 2.10. The third kappa shape index (κ3) is 13.0. The molecule has 0 spiro atoms. The fourth-order valence-electron chi connectivity index (χ4n) is 4.81. The number of hydrogen-bond acceptors (Lipinski definition) is 9. The maximum atomic E-state index is 9.27. The van der Waals surface area contributed by atoms with E-state index in [9.17, 15) is 5.11 Å². The number of pyridine rings is 3. The third-order valence-corrected chi connectivity index (χ3v) is 7.97. The molecule has 258 valence electrons. The minimum Gasteiger partial charge on any atom is -0.506 e. The van der Waals surface area contributed by atoms with Crippen molar-refractivity contribution in [3.63, 3.8) is 0 Å². The molecule has 0 amide bonds. The second kappa shape index (κ2) is 23.3. The Balaban J connectivity index is 0.000000664. The highest BCUT2D eigenvalue weighted by atomic mass is 16.5. The van der Waals surface area contributed by atoms with Crippen LogP contribution in [0.5, 0.6) is 5.75 Å². The summed E-state index contributed by atoms with van der Waals surface area (Å²) in [6.45, 7) is 19.4. The molecule has 0 aliphatic carbocycles. The molecule has 0 saturated carbocycles. The smallest absolute Gasteiger partial charge is 0.138 e. The lowest BCUT2D eigenvalue weighted by atomic mass is 9.97. The van der Waals surface area contributed by atoms with Crippen LogP contribution in [0.1, 0.15) is 83.2 Å². The average Bonchev–Trinajstić information content (AvgIpc) is 3.08. The summed E-state index contributed by atoms with van der Waals surface area (Å²) >= 11 is 0. The van der Waals surface area contributed by atoms with E-state index in [4.69, 9.17) is 26.7 Å². The molecular weight excluding hydrogens is 588 g/mol. The molecule has 4 aromatic rings. The van der Waals surface area contributed by atoms with Gasteiger partial charge in [-0.25, -0.2) is 0 Å². The zero-order chi connectivity index (χ0) is 34.6. The maximum absolute atomic E-state index is 9.27. The summed E-state index contributed by atoms with van der Waals surface area (Å²) in [5.74, 6) is 0.190. The number of rotatable bonds is 10. The minimum atomic E-state index is 0. The third-order valence-electron chi connectivity index (χ3n) is 7.97. The van der Waals surface area contributed by atoms with Gasteiger partial charge in [0.25, 0.3) is 0 Å². The summed E-state index contributed by atoms with van der Waals surface area (Å²) in [6, 6.07) is 10.3. The zero-order valence-electron chi connectivity index (χ0n) is 28.8. The van der Waals surface area contributed by atoms with Gasteiger partial charge in [0.1, 0.15) is 12.5 Å². The number of ether oxygens (including phenoxy) is 1. The normalized spacial score (nSPS) is 9.91. The van der Waals surface area contributed by atoms with Crippen LogP contribution < -0.4 is 17.2 Å². The van der Waals surface area contributed by atoms with Crippen LogP contribution in [-0.4, -0.2) is 40.1 Å². The van der Waals surface area contributed by atoms with Gasteiger partial charge in [0.15, 0.2) is 0 Å². The predicted molar refractivity (Wildman–Crippen MR) is 195 cm³/mol. The van der Waals surface area contributed by atoms with Crippen molar-refractivity contribution in [2.75, 3.05) is 13.2 Å². The lowest BCUT2D eigenvalue weighted by Crippen LogP contribution is -2.08. The van der Waals surface area contributed by atoms with E-state index in [0.29, 0.717) is 19.6 Å². The first-order valence-electron chi connectivity index (χ1n) is 15.7. The van der Waals surface area contributed by atoms with Crippen molar-refractivity contribution in [2.45, 2.75) is 94.8 Å². The molecule has 3 heterocycles. The second-order valence-electron chi connectivity index (χ2n) is 10.9. The van der Waals surface area contributed by atoms with Crippen molar-refractivity contribution in [1.82, 2.24) is 15.0 Å². The van der Waals surface area contributed by atoms with Gasteiger partial charge in [0, 0.05) is 73.5 Å². The van der Waals surface area contributed by atoms with Gasteiger partial charge in [-0.2, -0.15) is 0 Å². The Morgan fingerprint density at radius 3 is 1.70 bits per heavy atom. The van der Waals surface area contributed by atoms with Crippen LogP contribution in [0.2, 0.25) is 0 Å².